The predicted octanol–water partition coefficient (Wildman–Crippen LogP) is 1.81. The molecule has 16 heavy (non-hydrogen) atoms. The molecular formula is C11H10FN3O. The number of carbonyl (C=O) groups excluding carboxylic acids is 1. The molecule has 1 N–H and O–H groups in total. The molecule has 0 saturated carbocycles. The monoisotopic (exact) mass is 219 g/mol. The number of halogens is 1. The fourth-order valence-corrected chi connectivity index (χ4v) is 1.35. The minimum atomic E-state index is -0.460. The van der Waals surface area contributed by atoms with Gasteiger partial charge in [0.2, 0.25) is 0 Å². The lowest BCUT2D eigenvalue weighted by Crippen LogP contribution is -2.16. The highest BCUT2D eigenvalue weighted by molar-refractivity contribution is 6.03. The van der Waals surface area contributed by atoms with E-state index in [2.05, 4.69) is 10.4 Å². The molecule has 0 aliphatic rings. The second-order valence-electron chi connectivity index (χ2n) is 3.27. The maximum atomic E-state index is 13.3. The fourth-order valence-electron chi connectivity index (χ4n) is 1.35. The Morgan fingerprint density at radius 1 is 1.38 bits per heavy atom. The standard InChI is InChI=1S/C11H10FN3O/c1-15-10(6-7-13-15)11(16)14-9-5-3-2-4-8(9)12/h2-7H,1H3,(H,14,16). The summed E-state index contributed by atoms with van der Waals surface area (Å²) in [5.41, 5.74) is 0.539. The molecule has 0 fully saturated rings. The molecule has 0 bridgehead atoms. The molecule has 0 aliphatic heterocycles. The van der Waals surface area contributed by atoms with Crippen LogP contribution in [0.5, 0.6) is 0 Å². The van der Waals surface area contributed by atoms with Gasteiger partial charge < -0.3 is 5.32 Å². The van der Waals surface area contributed by atoms with Crippen LogP contribution in [0.15, 0.2) is 36.5 Å². The Labute approximate surface area is 91.7 Å². The molecule has 2 aromatic rings. The van der Waals surface area contributed by atoms with Crippen LogP contribution in [0.1, 0.15) is 10.5 Å². The van der Waals surface area contributed by atoms with Gasteiger partial charge in [0.25, 0.3) is 5.91 Å². The quantitative estimate of drug-likeness (QED) is 0.837. The van der Waals surface area contributed by atoms with Crippen molar-refractivity contribution in [3.8, 4) is 0 Å². The van der Waals surface area contributed by atoms with E-state index in [1.54, 1.807) is 25.2 Å². The highest BCUT2D eigenvalue weighted by Gasteiger charge is 2.11. The summed E-state index contributed by atoms with van der Waals surface area (Å²) in [7, 11) is 1.65. The van der Waals surface area contributed by atoms with Crippen molar-refractivity contribution in [3.05, 3.63) is 48.0 Å². The Hall–Kier alpha value is -2.17. The van der Waals surface area contributed by atoms with E-state index in [-0.39, 0.29) is 11.6 Å². The van der Waals surface area contributed by atoms with Crippen LogP contribution in [0, 0.1) is 5.82 Å². The van der Waals surface area contributed by atoms with Crippen LogP contribution in [0.3, 0.4) is 0 Å². The number of anilines is 1. The van der Waals surface area contributed by atoms with Gasteiger partial charge in [-0.15, -0.1) is 0 Å². The fraction of sp³-hybridized carbons (Fsp3) is 0.0909. The van der Waals surface area contributed by atoms with Crippen LogP contribution in [-0.4, -0.2) is 15.7 Å². The summed E-state index contributed by atoms with van der Waals surface area (Å²) < 4.78 is 14.7. The number of nitrogens with zero attached hydrogens (tertiary/aromatic N) is 2. The van der Waals surface area contributed by atoms with E-state index >= 15 is 0 Å². The first-order valence-electron chi connectivity index (χ1n) is 4.72. The molecule has 1 aromatic carbocycles. The number of aryl methyl sites for hydroxylation is 1. The summed E-state index contributed by atoms with van der Waals surface area (Å²) in [4.78, 5) is 11.7. The lowest BCUT2D eigenvalue weighted by atomic mass is 10.3. The molecule has 1 aromatic heterocycles. The van der Waals surface area contributed by atoms with Crippen molar-refractivity contribution in [1.29, 1.82) is 0 Å². The van der Waals surface area contributed by atoms with Crippen LogP contribution < -0.4 is 5.32 Å². The maximum Gasteiger partial charge on any atom is 0.273 e. The lowest BCUT2D eigenvalue weighted by molar-refractivity contribution is 0.101. The van der Waals surface area contributed by atoms with Crippen molar-refractivity contribution in [2.45, 2.75) is 0 Å². The van der Waals surface area contributed by atoms with Crippen molar-refractivity contribution in [3.63, 3.8) is 0 Å². The van der Waals surface area contributed by atoms with E-state index in [0.29, 0.717) is 5.69 Å². The Morgan fingerprint density at radius 3 is 2.75 bits per heavy atom. The zero-order chi connectivity index (χ0) is 11.5. The second-order valence-corrected chi connectivity index (χ2v) is 3.27. The Kier molecular flexibility index (Phi) is 2.68. The minimum Gasteiger partial charge on any atom is -0.318 e. The lowest BCUT2D eigenvalue weighted by Gasteiger charge is -2.05. The molecule has 1 heterocycles. The van der Waals surface area contributed by atoms with Gasteiger partial charge in [0.15, 0.2) is 0 Å². The topological polar surface area (TPSA) is 46.9 Å². The van der Waals surface area contributed by atoms with Gasteiger partial charge in [-0.2, -0.15) is 5.10 Å². The van der Waals surface area contributed by atoms with Gasteiger partial charge in [0.05, 0.1) is 5.69 Å². The second kappa shape index (κ2) is 4.14. The average molecular weight is 219 g/mol. The third-order valence-corrected chi connectivity index (χ3v) is 2.18. The highest BCUT2D eigenvalue weighted by Crippen LogP contribution is 2.13. The van der Waals surface area contributed by atoms with E-state index in [1.165, 1.54) is 23.0 Å². The summed E-state index contributed by atoms with van der Waals surface area (Å²) in [6.07, 6.45) is 1.51. The smallest absolute Gasteiger partial charge is 0.273 e. The largest absolute Gasteiger partial charge is 0.318 e. The van der Waals surface area contributed by atoms with Crippen molar-refractivity contribution >= 4 is 11.6 Å². The van der Waals surface area contributed by atoms with Crippen LogP contribution in [0.4, 0.5) is 10.1 Å². The number of aromatic nitrogens is 2. The number of benzene rings is 1. The summed E-state index contributed by atoms with van der Waals surface area (Å²) in [6, 6.07) is 7.58. The number of nitrogens with one attached hydrogen (secondary N) is 1. The Morgan fingerprint density at radius 2 is 2.12 bits per heavy atom. The first kappa shape index (κ1) is 10.4. The van der Waals surface area contributed by atoms with Crippen LogP contribution >= 0.6 is 0 Å². The number of rotatable bonds is 2. The van der Waals surface area contributed by atoms with Crippen molar-refractivity contribution < 1.29 is 9.18 Å². The van der Waals surface area contributed by atoms with Crippen molar-refractivity contribution in [1.82, 2.24) is 9.78 Å². The third kappa shape index (κ3) is 1.93. The Balaban J connectivity index is 2.21. The molecule has 0 aliphatic carbocycles. The highest BCUT2D eigenvalue weighted by atomic mass is 19.1. The van der Waals surface area contributed by atoms with E-state index in [4.69, 9.17) is 0 Å². The first-order chi connectivity index (χ1) is 7.68. The van der Waals surface area contributed by atoms with Gasteiger partial charge in [0, 0.05) is 13.2 Å². The van der Waals surface area contributed by atoms with Crippen LogP contribution in [-0.2, 0) is 7.05 Å². The number of carbonyl (C=O) groups is 1. The SMILES string of the molecule is Cn1nccc1C(=O)Nc1ccccc1F. The third-order valence-electron chi connectivity index (χ3n) is 2.18. The number of para-hydroxylation sites is 1. The molecule has 0 unspecified atom stereocenters. The molecule has 82 valence electrons. The molecule has 1 amide bonds. The van der Waals surface area contributed by atoms with E-state index in [0.717, 1.165) is 0 Å². The summed E-state index contributed by atoms with van der Waals surface area (Å²) in [5.74, 6) is -0.844. The van der Waals surface area contributed by atoms with Crippen molar-refractivity contribution in [2.75, 3.05) is 5.32 Å². The normalized spacial score (nSPS) is 10.1. The zero-order valence-corrected chi connectivity index (χ0v) is 8.64. The van der Waals surface area contributed by atoms with Gasteiger partial charge in [-0.05, 0) is 18.2 Å². The molecule has 0 radical (unpaired) electrons. The maximum absolute atomic E-state index is 13.3. The number of hydrogen-bond donors (Lipinski definition) is 1. The van der Waals surface area contributed by atoms with Gasteiger partial charge in [-0.1, -0.05) is 12.1 Å². The van der Waals surface area contributed by atoms with Crippen molar-refractivity contribution in [2.24, 2.45) is 7.05 Å². The number of amides is 1. The van der Waals surface area contributed by atoms with Crippen LogP contribution in [0.25, 0.3) is 0 Å². The molecular weight excluding hydrogens is 209 g/mol. The predicted molar refractivity (Wildman–Crippen MR) is 57.6 cm³/mol. The summed E-state index contributed by atoms with van der Waals surface area (Å²) in [6.45, 7) is 0. The molecule has 5 heteroatoms. The zero-order valence-electron chi connectivity index (χ0n) is 8.64. The summed E-state index contributed by atoms with van der Waals surface area (Å²) in [5, 5.41) is 6.34. The Bertz CT molecular complexity index is 521. The molecule has 0 atom stereocenters. The molecule has 4 nitrogen and oxygen atoms in total. The molecule has 0 saturated heterocycles. The van der Waals surface area contributed by atoms with E-state index in [9.17, 15) is 9.18 Å². The molecule has 2 rings (SSSR count). The first-order valence-corrected chi connectivity index (χ1v) is 4.72. The number of hydrogen-bond acceptors (Lipinski definition) is 2. The van der Waals surface area contributed by atoms with Gasteiger partial charge >= 0.3 is 0 Å². The van der Waals surface area contributed by atoms with Gasteiger partial charge in [-0.25, -0.2) is 4.39 Å². The molecule has 0 spiro atoms. The van der Waals surface area contributed by atoms with Gasteiger partial charge in [0.1, 0.15) is 11.5 Å². The van der Waals surface area contributed by atoms with E-state index in [1.807, 2.05) is 0 Å². The average Bonchev–Trinajstić information content (AvgIpc) is 2.68. The minimum absolute atomic E-state index is 0.161. The summed E-state index contributed by atoms with van der Waals surface area (Å²) >= 11 is 0. The van der Waals surface area contributed by atoms with E-state index < -0.39 is 5.82 Å². The van der Waals surface area contributed by atoms with Gasteiger partial charge in [-0.3, -0.25) is 9.48 Å². The van der Waals surface area contributed by atoms with Crippen LogP contribution in [0.2, 0.25) is 0 Å².